The molecule has 1 saturated carbocycles. The number of carbonyl (C=O) groups is 2. The molecule has 1 N–H and O–H groups in total. The van der Waals surface area contributed by atoms with E-state index >= 15 is 0 Å². The zero-order valence-corrected chi connectivity index (χ0v) is 17.7. The van der Waals surface area contributed by atoms with Crippen LogP contribution in [0.2, 0.25) is 0 Å². The van der Waals surface area contributed by atoms with E-state index < -0.39 is 5.54 Å². The van der Waals surface area contributed by atoms with Crippen molar-refractivity contribution >= 4 is 11.8 Å². The van der Waals surface area contributed by atoms with Crippen molar-refractivity contribution in [1.82, 2.24) is 14.8 Å². The van der Waals surface area contributed by atoms with Crippen molar-refractivity contribution in [2.24, 2.45) is 5.92 Å². The highest BCUT2D eigenvalue weighted by Crippen LogP contribution is 2.55. The molecular formula is C25H29N3O3. The molecule has 2 saturated heterocycles. The van der Waals surface area contributed by atoms with E-state index in [-0.39, 0.29) is 36.3 Å². The molecule has 31 heavy (non-hydrogen) atoms. The lowest BCUT2D eigenvalue weighted by molar-refractivity contribution is -0.198. The zero-order chi connectivity index (χ0) is 21.4. The van der Waals surface area contributed by atoms with Gasteiger partial charge >= 0.3 is 0 Å². The van der Waals surface area contributed by atoms with Gasteiger partial charge in [-0.3, -0.25) is 14.6 Å². The summed E-state index contributed by atoms with van der Waals surface area (Å²) in [4.78, 5) is 34.4. The van der Waals surface area contributed by atoms with Crippen LogP contribution in [-0.4, -0.2) is 63.0 Å². The number of aliphatic hydroxyl groups excluding tert-OH is 1. The van der Waals surface area contributed by atoms with E-state index in [9.17, 15) is 14.7 Å². The third kappa shape index (κ3) is 3.24. The van der Waals surface area contributed by atoms with E-state index in [1.165, 1.54) is 6.42 Å². The summed E-state index contributed by atoms with van der Waals surface area (Å²) in [6, 6.07) is 15.2. The first-order valence-corrected chi connectivity index (χ1v) is 11.3. The maximum atomic E-state index is 13.6. The molecule has 1 spiro atoms. The van der Waals surface area contributed by atoms with Gasteiger partial charge in [0, 0.05) is 31.1 Å². The fourth-order valence-corrected chi connectivity index (χ4v) is 5.97. The summed E-state index contributed by atoms with van der Waals surface area (Å²) in [5.41, 5.74) is 1.12. The van der Waals surface area contributed by atoms with Crippen LogP contribution in [0.1, 0.15) is 54.1 Å². The molecule has 2 amide bonds. The molecule has 3 heterocycles. The number of likely N-dealkylation sites (tertiary alicyclic amines) is 2. The predicted octanol–water partition coefficient (Wildman–Crippen LogP) is 2.84. The van der Waals surface area contributed by atoms with Crippen molar-refractivity contribution in [2.75, 3.05) is 19.7 Å². The number of pyridine rings is 1. The third-order valence-electron chi connectivity index (χ3n) is 7.41. The lowest BCUT2D eigenvalue weighted by Gasteiger charge is -2.70. The van der Waals surface area contributed by atoms with Gasteiger partial charge in [0.1, 0.15) is 5.69 Å². The molecule has 0 radical (unpaired) electrons. The molecule has 3 fully saturated rings. The zero-order valence-electron chi connectivity index (χ0n) is 17.7. The standard InChI is InChI=1S/C25H29N3O3/c29-15-21-22(18-9-3-1-4-10-18)25(28(21)23(30)19-11-5-2-6-12-19)16-27(17-25)24(31)20-13-7-8-14-26-20/h1,3-4,7-10,13-14,19,21-22,29H,2,5-6,11-12,15-17H2/t21-,22+/m0/s1. The molecule has 2 aliphatic heterocycles. The van der Waals surface area contributed by atoms with Gasteiger partial charge in [0.15, 0.2) is 0 Å². The lowest BCUT2D eigenvalue weighted by Crippen LogP contribution is -2.86. The summed E-state index contributed by atoms with van der Waals surface area (Å²) >= 11 is 0. The molecule has 1 aromatic heterocycles. The molecule has 6 heteroatoms. The summed E-state index contributed by atoms with van der Waals surface area (Å²) in [5, 5.41) is 10.3. The van der Waals surface area contributed by atoms with E-state index in [1.54, 1.807) is 23.2 Å². The van der Waals surface area contributed by atoms with Crippen molar-refractivity contribution in [3.8, 4) is 0 Å². The summed E-state index contributed by atoms with van der Waals surface area (Å²) in [6.07, 6.45) is 6.85. The Balaban J connectivity index is 1.43. The van der Waals surface area contributed by atoms with Crippen molar-refractivity contribution < 1.29 is 14.7 Å². The predicted molar refractivity (Wildman–Crippen MR) is 116 cm³/mol. The van der Waals surface area contributed by atoms with E-state index in [2.05, 4.69) is 17.1 Å². The van der Waals surface area contributed by atoms with Crippen LogP contribution in [0.25, 0.3) is 0 Å². The van der Waals surface area contributed by atoms with Crippen molar-refractivity contribution in [3.05, 3.63) is 66.0 Å². The van der Waals surface area contributed by atoms with Crippen LogP contribution in [0.5, 0.6) is 0 Å². The molecule has 2 atom stereocenters. The van der Waals surface area contributed by atoms with Gasteiger partial charge in [0.2, 0.25) is 5.91 Å². The molecule has 1 aliphatic carbocycles. The Labute approximate surface area is 182 Å². The molecule has 1 aromatic carbocycles. The van der Waals surface area contributed by atoms with Crippen LogP contribution >= 0.6 is 0 Å². The third-order valence-corrected chi connectivity index (χ3v) is 7.41. The first-order chi connectivity index (χ1) is 15.2. The number of nitrogens with zero attached hydrogens (tertiary/aromatic N) is 3. The van der Waals surface area contributed by atoms with E-state index in [0.29, 0.717) is 18.8 Å². The second-order valence-corrected chi connectivity index (χ2v) is 9.16. The minimum Gasteiger partial charge on any atom is -0.394 e. The number of hydrogen-bond acceptors (Lipinski definition) is 4. The molecule has 162 valence electrons. The lowest BCUT2D eigenvalue weighted by atomic mass is 9.60. The Morgan fingerprint density at radius 1 is 1.00 bits per heavy atom. The summed E-state index contributed by atoms with van der Waals surface area (Å²) in [6.45, 7) is 0.905. The van der Waals surface area contributed by atoms with E-state index in [1.807, 2.05) is 29.2 Å². The van der Waals surface area contributed by atoms with Gasteiger partial charge in [-0.15, -0.1) is 0 Å². The number of hydrogen-bond donors (Lipinski definition) is 1. The number of rotatable bonds is 4. The fourth-order valence-electron chi connectivity index (χ4n) is 5.97. The smallest absolute Gasteiger partial charge is 0.272 e. The van der Waals surface area contributed by atoms with Gasteiger partial charge in [-0.05, 0) is 30.5 Å². The minimum atomic E-state index is -0.437. The first kappa shape index (κ1) is 20.2. The van der Waals surface area contributed by atoms with Gasteiger partial charge < -0.3 is 14.9 Å². The Morgan fingerprint density at radius 2 is 1.71 bits per heavy atom. The number of benzene rings is 1. The minimum absolute atomic E-state index is 0.0269. The number of amides is 2. The van der Waals surface area contributed by atoms with Crippen LogP contribution in [0.3, 0.4) is 0 Å². The normalized spacial score (nSPS) is 25.1. The van der Waals surface area contributed by atoms with Crippen LogP contribution in [0.4, 0.5) is 0 Å². The molecule has 2 aromatic rings. The van der Waals surface area contributed by atoms with Gasteiger partial charge in [-0.25, -0.2) is 0 Å². The highest BCUT2D eigenvalue weighted by Gasteiger charge is 2.68. The van der Waals surface area contributed by atoms with Crippen LogP contribution in [0, 0.1) is 5.92 Å². The average Bonchev–Trinajstić information content (AvgIpc) is 2.79. The maximum Gasteiger partial charge on any atom is 0.272 e. The largest absolute Gasteiger partial charge is 0.394 e. The van der Waals surface area contributed by atoms with Crippen molar-refractivity contribution in [1.29, 1.82) is 0 Å². The van der Waals surface area contributed by atoms with Crippen LogP contribution in [-0.2, 0) is 4.79 Å². The second kappa shape index (κ2) is 8.08. The number of carbonyl (C=O) groups excluding carboxylic acids is 2. The van der Waals surface area contributed by atoms with Crippen molar-refractivity contribution in [3.63, 3.8) is 0 Å². The summed E-state index contributed by atoms with van der Waals surface area (Å²) in [5.74, 6) is 0.127. The number of aliphatic hydroxyl groups is 1. The van der Waals surface area contributed by atoms with Gasteiger partial charge in [-0.2, -0.15) is 0 Å². The van der Waals surface area contributed by atoms with Crippen molar-refractivity contribution in [2.45, 2.75) is 49.6 Å². The Bertz CT molecular complexity index is 937. The molecule has 0 unspecified atom stereocenters. The molecule has 0 bridgehead atoms. The summed E-state index contributed by atoms with van der Waals surface area (Å²) < 4.78 is 0. The highest BCUT2D eigenvalue weighted by molar-refractivity contribution is 5.93. The maximum absolute atomic E-state index is 13.6. The monoisotopic (exact) mass is 419 g/mol. The summed E-state index contributed by atoms with van der Waals surface area (Å²) in [7, 11) is 0. The average molecular weight is 420 g/mol. The molecule has 3 aliphatic rings. The topological polar surface area (TPSA) is 73.7 Å². The Hall–Kier alpha value is -2.73. The van der Waals surface area contributed by atoms with Gasteiger partial charge in [0.05, 0.1) is 18.2 Å². The van der Waals surface area contributed by atoms with E-state index in [0.717, 1.165) is 31.2 Å². The second-order valence-electron chi connectivity index (χ2n) is 9.16. The first-order valence-electron chi connectivity index (χ1n) is 11.3. The fraction of sp³-hybridized carbons (Fsp3) is 0.480. The van der Waals surface area contributed by atoms with E-state index in [4.69, 9.17) is 0 Å². The van der Waals surface area contributed by atoms with Gasteiger partial charge in [-0.1, -0.05) is 55.7 Å². The van der Waals surface area contributed by atoms with Gasteiger partial charge in [0.25, 0.3) is 5.91 Å². The van der Waals surface area contributed by atoms with Crippen LogP contribution < -0.4 is 0 Å². The highest BCUT2D eigenvalue weighted by atomic mass is 16.3. The molecule has 5 rings (SSSR count). The molecule has 6 nitrogen and oxygen atoms in total. The Morgan fingerprint density at radius 3 is 2.35 bits per heavy atom. The number of aromatic nitrogens is 1. The SMILES string of the molecule is O=C(c1ccccn1)N1CC2(C1)[C@H](c1ccccc1)[C@H](CO)N2C(=O)C1CCCCC1. The van der Waals surface area contributed by atoms with Crippen LogP contribution in [0.15, 0.2) is 54.7 Å². The Kier molecular flexibility index (Phi) is 5.26. The molecular weight excluding hydrogens is 390 g/mol. The quantitative estimate of drug-likeness (QED) is 0.827.